The smallest absolute Gasteiger partial charge is 0.312 e. The highest BCUT2D eigenvalue weighted by Gasteiger charge is 2.55. The van der Waals surface area contributed by atoms with Gasteiger partial charge in [-0.15, -0.1) is 0 Å². The summed E-state index contributed by atoms with van der Waals surface area (Å²) in [5.41, 5.74) is -0.259. The molecule has 5 nitrogen and oxygen atoms in total. The van der Waals surface area contributed by atoms with Gasteiger partial charge in [0.15, 0.2) is 0 Å². The molecule has 0 spiro atoms. The van der Waals surface area contributed by atoms with Crippen LogP contribution < -0.4 is 0 Å². The second-order valence-corrected chi connectivity index (χ2v) is 7.10. The summed E-state index contributed by atoms with van der Waals surface area (Å²) in [5, 5.41) is 0. The summed E-state index contributed by atoms with van der Waals surface area (Å²) in [6, 6.07) is 0. The van der Waals surface area contributed by atoms with Crippen LogP contribution in [0.2, 0.25) is 0 Å². The van der Waals surface area contributed by atoms with E-state index in [0.717, 1.165) is 19.3 Å². The van der Waals surface area contributed by atoms with Gasteiger partial charge in [0, 0.05) is 0 Å². The molecule has 106 valence electrons. The van der Waals surface area contributed by atoms with Crippen LogP contribution in [-0.2, 0) is 20.0 Å². The largest absolute Gasteiger partial charge is 0.463 e. The van der Waals surface area contributed by atoms with E-state index in [-0.39, 0.29) is 24.5 Å². The van der Waals surface area contributed by atoms with Crippen LogP contribution in [-0.4, -0.2) is 27.5 Å². The molecule has 0 saturated heterocycles. The summed E-state index contributed by atoms with van der Waals surface area (Å²) in [6.07, 6.45) is 6.79. The number of rotatable bonds is 4. The molecule has 0 N–H and O–H groups in total. The third kappa shape index (κ3) is 2.55. The van der Waals surface area contributed by atoms with Gasteiger partial charge < -0.3 is 4.74 Å². The normalized spacial score (nSPS) is 39.1. The van der Waals surface area contributed by atoms with E-state index in [0.29, 0.717) is 17.8 Å². The Bertz CT molecular complexity index is 467. The molecule has 19 heavy (non-hydrogen) atoms. The summed E-state index contributed by atoms with van der Waals surface area (Å²) in [4.78, 5) is 12.3. The summed E-state index contributed by atoms with van der Waals surface area (Å²) in [7, 11) is -2.41. The predicted octanol–water partition coefficient (Wildman–Crippen LogP) is 1.81. The van der Waals surface area contributed by atoms with Crippen molar-refractivity contribution < 1.29 is 17.9 Å². The summed E-state index contributed by atoms with van der Waals surface area (Å²) in [5.74, 6) is 2.01. The molecule has 4 saturated carbocycles. The van der Waals surface area contributed by atoms with Crippen LogP contribution in [0.1, 0.15) is 38.5 Å². The number of hydrogen-bond acceptors (Lipinski definition) is 5. The highest BCUT2D eigenvalue weighted by atomic mass is 32.2. The number of nitrogens with zero attached hydrogens (tertiary/aromatic N) is 1. The van der Waals surface area contributed by atoms with Gasteiger partial charge in [-0.1, -0.05) is 0 Å². The lowest BCUT2D eigenvalue weighted by atomic mass is 9.49. The molecule has 6 heteroatoms. The lowest BCUT2D eigenvalue weighted by Crippen LogP contribution is -2.50. The highest BCUT2D eigenvalue weighted by molar-refractivity contribution is 7.61. The second kappa shape index (κ2) is 4.89. The monoisotopic (exact) mass is 285 g/mol. The van der Waals surface area contributed by atoms with Gasteiger partial charge in [-0.3, -0.25) is 4.79 Å². The van der Waals surface area contributed by atoms with Gasteiger partial charge >= 0.3 is 16.5 Å². The second-order valence-electron chi connectivity index (χ2n) is 6.40. The van der Waals surface area contributed by atoms with Crippen molar-refractivity contribution >= 4 is 16.5 Å². The summed E-state index contributed by atoms with van der Waals surface area (Å²) < 4.78 is 29.1. The van der Waals surface area contributed by atoms with Crippen molar-refractivity contribution in [2.24, 2.45) is 27.5 Å². The van der Waals surface area contributed by atoms with Gasteiger partial charge in [-0.2, -0.15) is 12.8 Å². The molecule has 0 heterocycles. The molecule has 4 aliphatic carbocycles. The molecule has 0 unspecified atom stereocenters. The molecule has 0 amide bonds. The number of carbonyl (C=O) groups is 1. The van der Waals surface area contributed by atoms with E-state index < -0.39 is 10.5 Å². The van der Waals surface area contributed by atoms with Crippen LogP contribution in [0, 0.1) is 23.2 Å². The fraction of sp³-hybridized carbons (Fsp3) is 0.923. The maximum Gasteiger partial charge on any atom is 0.312 e. The molecule has 4 aliphatic rings. The van der Waals surface area contributed by atoms with Gasteiger partial charge in [0.1, 0.15) is 6.61 Å². The minimum absolute atomic E-state index is 0.0359. The van der Waals surface area contributed by atoms with Crippen LogP contribution >= 0.6 is 0 Å². The quantitative estimate of drug-likeness (QED) is 0.583. The molecular formula is C13H19NO4S. The molecule has 0 aromatic rings. The number of esters is 1. The van der Waals surface area contributed by atoms with Gasteiger partial charge in [-0.05, 0) is 56.3 Å². The SMILES string of the molecule is O=C(OCCN=S(=O)=O)C12CC3CC(CC(C3)C1)C2. The van der Waals surface area contributed by atoms with Gasteiger partial charge in [-0.25, -0.2) is 0 Å². The first-order chi connectivity index (χ1) is 9.07. The van der Waals surface area contributed by atoms with Gasteiger partial charge in [0.25, 0.3) is 0 Å². The lowest BCUT2D eigenvalue weighted by Gasteiger charge is -2.55. The minimum atomic E-state index is -2.41. The fourth-order valence-electron chi connectivity index (χ4n) is 4.76. The number of carbonyl (C=O) groups excluding carboxylic acids is 1. The van der Waals surface area contributed by atoms with E-state index in [4.69, 9.17) is 4.74 Å². The third-order valence-electron chi connectivity index (χ3n) is 4.99. The Hall–Kier alpha value is -0.910. The Morgan fingerprint density at radius 1 is 1.11 bits per heavy atom. The Balaban J connectivity index is 1.61. The zero-order valence-corrected chi connectivity index (χ0v) is 11.7. The van der Waals surface area contributed by atoms with Crippen molar-refractivity contribution in [3.05, 3.63) is 0 Å². The minimum Gasteiger partial charge on any atom is -0.463 e. The van der Waals surface area contributed by atoms with Crippen molar-refractivity contribution in [3.63, 3.8) is 0 Å². The Morgan fingerprint density at radius 2 is 1.63 bits per heavy atom. The molecule has 4 bridgehead atoms. The molecule has 0 radical (unpaired) electrons. The maximum atomic E-state index is 12.3. The first kappa shape index (κ1) is 13.1. The molecule has 0 aromatic heterocycles. The van der Waals surface area contributed by atoms with Gasteiger partial charge in [0.2, 0.25) is 0 Å². The van der Waals surface area contributed by atoms with Crippen LogP contribution in [0.25, 0.3) is 0 Å². The van der Waals surface area contributed by atoms with E-state index in [1.54, 1.807) is 0 Å². The van der Waals surface area contributed by atoms with Crippen LogP contribution in [0.4, 0.5) is 0 Å². The highest BCUT2D eigenvalue weighted by Crippen LogP contribution is 2.60. The van der Waals surface area contributed by atoms with Crippen molar-refractivity contribution in [3.8, 4) is 0 Å². The van der Waals surface area contributed by atoms with Crippen molar-refractivity contribution in [1.82, 2.24) is 0 Å². The van der Waals surface area contributed by atoms with Crippen molar-refractivity contribution in [2.75, 3.05) is 13.2 Å². The molecule has 0 aromatic carbocycles. The van der Waals surface area contributed by atoms with Crippen molar-refractivity contribution in [1.29, 1.82) is 0 Å². The molecule has 0 atom stereocenters. The summed E-state index contributed by atoms with van der Waals surface area (Å²) in [6.45, 7) is 0.114. The van der Waals surface area contributed by atoms with E-state index in [9.17, 15) is 13.2 Å². The standard InChI is InChI=1S/C13H19NO4S/c15-12(18-2-1-14-19(16)17)13-6-9-3-10(7-13)5-11(4-9)8-13/h9-11H,1-8H2. The number of hydrogen-bond donors (Lipinski definition) is 0. The van der Waals surface area contributed by atoms with E-state index >= 15 is 0 Å². The van der Waals surface area contributed by atoms with Crippen LogP contribution in [0.15, 0.2) is 4.36 Å². The first-order valence-corrected chi connectivity index (χ1v) is 8.05. The van der Waals surface area contributed by atoms with E-state index in [1.165, 1.54) is 19.3 Å². The molecular weight excluding hydrogens is 266 g/mol. The average molecular weight is 285 g/mol. The van der Waals surface area contributed by atoms with E-state index in [1.807, 2.05) is 0 Å². The molecule has 0 aliphatic heterocycles. The predicted molar refractivity (Wildman–Crippen MR) is 67.8 cm³/mol. The first-order valence-electron chi connectivity index (χ1n) is 7.01. The van der Waals surface area contributed by atoms with E-state index in [2.05, 4.69) is 4.36 Å². The summed E-state index contributed by atoms with van der Waals surface area (Å²) >= 11 is 0. The van der Waals surface area contributed by atoms with Crippen molar-refractivity contribution in [2.45, 2.75) is 38.5 Å². The lowest BCUT2D eigenvalue weighted by molar-refractivity contribution is -0.171. The molecule has 4 fully saturated rings. The third-order valence-corrected chi connectivity index (χ3v) is 5.39. The zero-order chi connectivity index (χ0) is 13.5. The Morgan fingerprint density at radius 3 is 2.11 bits per heavy atom. The van der Waals surface area contributed by atoms with Crippen LogP contribution in [0.5, 0.6) is 0 Å². The van der Waals surface area contributed by atoms with Gasteiger partial charge in [0.05, 0.1) is 12.0 Å². The maximum absolute atomic E-state index is 12.3. The Kier molecular flexibility index (Phi) is 3.37. The van der Waals surface area contributed by atoms with Crippen LogP contribution in [0.3, 0.4) is 0 Å². The topological polar surface area (TPSA) is 72.8 Å². The molecule has 4 rings (SSSR count). The fourth-order valence-corrected chi connectivity index (χ4v) is 4.99. The Labute approximate surface area is 114 Å². The zero-order valence-electron chi connectivity index (χ0n) is 10.9. The number of ether oxygens (including phenoxy) is 1. The average Bonchev–Trinajstić information content (AvgIpc) is 2.32.